The summed E-state index contributed by atoms with van der Waals surface area (Å²) >= 11 is 0. The normalized spacial score (nSPS) is 23.9. The molecular weight excluding hydrogens is 519 g/mol. The van der Waals surface area contributed by atoms with E-state index < -0.39 is 22.1 Å². The van der Waals surface area contributed by atoms with Crippen LogP contribution >= 0.6 is 0 Å². The number of nitrogens with two attached hydrogens (primary N) is 1. The maximum atomic E-state index is 14.7. The van der Waals surface area contributed by atoms with Crippen LogP contribution in [0.3, 0.4) is 0 Å². The fraction of sp³-hybridized carbons (Fsp3) is 0.536. The molecule has 5 rings (SSSR count). The Morgan fingerprint density at radius 3 is 2.62 bits per heavy atom. The zero-order valence-electron chi connectivity index (χ0n) is 23.1. The van der Waals surface area contributed by atoms with Crippen molar-refractivity contribution in [2.45, 2.75) is 51.4 Å². The molecule has 2 aliphatic rings. The van der Waals surface area contributed by atoms with Gasteiger partial charge in [-0.15, -0.1) is 0 Å². The lowest BCUT2D eigenvalue weighted by Gasteiger charge is -2.48. The molecule has 210 valence electrons. The Kier molecular flexibility index (Phi) is 7.41. The lowest BCUT2D eigenvalue weighted by molar-refractivity contribution is 0.0194. The number of nitrogen functional groups attached to an aromatic ring is 1. The van der Waals surface area contributed by atoms with Gasteiger partial charge in [-0.3, -0.25) is 0 Å². The van der Waals surface area contributed by atoms with E-state index in [1.165, 1.54) is 13.4 Å². The molecule has 0 spiro atoms. The number of methoxy groups -OCH3 is 1. The third-order valence-electron chi connectivity index (χ3n) is 8.03. The summed E-state index contributed by atoms with van der Waals surface area (Å²) in [5, 5.41) is 1.92. The van der Waals surface area contributed by atoms with Crippen molar-refractivity contribution in [3.05, 3.63) is 36.0 Å². The summed E-state index contributed by atoms with van der Waals surface area (Å²) in [7, 11) is -1.54. The topological polar surface area (TPSA) is 115 Å². The van der Waals surface area contributed by atoms with Gasteiger partial charge in [-0.25, -0.2) is 27.8 Å². The first-order valence-corrected chi connectivity index (χ1v) is 15.5. The number of aromatic nitrogens is 3. The Bertz CT molecular complexity index is 1480. The maximum Gasteiger partial charge on any atom is 0.226 e. The second-order valence-electron chi connectivity index (χ2n) is 11.2. The van der Waals surface area contributed by atoms with E-state index in [2.05, 4.69) is 42.8 Å². The number of ether oxygens (including phenoxy) is 1. The van der Waals surface area contributed by atoms with Gasteiger partial charge < -0.3 is 20.3 Å². The maximum absolute atomic E-state index is 14.7. The number of anilines is 3. The number of rotatable bonds is 7. The lowest BCUT2D eigenvalue weighted by atomic mass is 9.87. The molecule has 39 heavy (non-hydrogen) atoms. The summed E-state index contributed by atoms with van der Waals surface area (Å²) in [5.74, 6) is 1.28. The largest absolute Gasteiger partial charge is 0.384 e. The van der Waals surface area contributed by atoms with Gasteiger partial charge >= 0.3 is 0 Å². The number of fused-ring (bicyclic) bond motifs is 1. The molecule has 2 fully saturated rings. The minimum absolute atomic E-state index is 0.0442. The van der Waals surface area contributed by atoms with E-state index in [-0.39, 0.29) is 30.2 Å². The molecule has 0 saturated carbocycles. The van der Waals surface area contributed by atoms with Gasteiger partial charge in [-0.1, -0.05) is 19.9 Å². The number of sulfone groups is 1. The first-order valence-electron chi connectivity index (χ1n) is 13.4. The number of halogens is 1. The summed E-state index contributed by atoms with van der Waals surface area (Å²) in [6.07, 6.45) is 1.95. The van der Waals surface area contributed by atoms with Crippen molar-refractivity contribution < 1.29 is 17.5 Å². The van der Waals surface area contributed by atoms with Crippen molar-refractivity contribution in [3.8, 4) is 11.4 Å². The van der Waals surface area contributed by atoms with Gasteiger partial charge in [0.2, 0.25) is 5.95 Å². The number of nitrogens with zero attached hydrogens (tertiary/aromatic N) is 5. The van der Waals surface area contributed by atoms with E-state index in [0.717, 1.165) is 22.0 Å². The van der Waals surface area contributed by atoms with Crippen LogP contribution in [0.1, 0.15) is 38.7 Å². The molecule has 0 aliphatic carbocycles. The third kappa shape index (κ3) is 5.38. The number of pyridine rings is 1. The fourth-order valence-corrected chi connectivity index (χ4v) is 7.03. The number of piperidine rings is 1. The van der Waals surface area contributed by atoms with E-state index in [0.29, 0.717) is 42.7 Å². The molecule has 0 unspecified atom stereocenters. The van der Waals surface area contributed by atoms with Crippen molar-refractivity contribution in [3.63, 3.8) is 0 Å². The molecular formula is C28H37FN6O3S. The van der Waals surface area contributed by atoms with Gasteiger partial charge in [-0.2, -0.15) is 0 Å². The predicted octanol–water partition coefficient (Wildman–Crippen LogP) is 3.83. The molecule has 1 aromatic carbocycles. The van der Waals surface area contributed by atoms with Gasteiger partial charge in [0.15, 0.2) is 0 Å². The van der Waals surface area contributed by atoms with Crippen molar-refractivity contribution in [2.24, 2.45) is 5.92 Å². The van der Waals surface area contributed by atoms with Crippen LogP contribution in [0.5, 0.6) is 0 Å². The molecule has 4 atom stereocenters. The molecule has 11 heteroatoms. The number of alkyl halides is 1. The third-order valence-corrected chi connectivity index (χ3v) is 9.07. The highest BCUT2D eigenvalue weighted by Crippen LogP contribution is 2.43. The summed E-state index contributed by atoms with van der Waals surface area (Å²) in [4.78, 5) is 18.1. The molecule has 3 aromatic rings. The first kappa shape index (κ1) is 27.5. The summed E-state index contributed by atoms with van der Waals surface area (Å²) in [5.41, 5.74) is 9.69. The van der Waals surface area contributed by atoms with Crippen LogP contribution < -0.4 is 15.5 Å². The number of hydrogen-bond acceptors (Lipinski definition) is 9. The van der Waals surface area contributed by atoms with Crippen molar-refractivity contribution in [1.82, 2.24) is 15.0 Å². The number of benzene rings is 1. The van der Waals surface area contributed by atoms with Crippen LogP contribution in [0.2, 0.25) is 0 Å². The summed E-state index contributed by atoms with van der Waals surface area (Å²) in [6.45, 7) is 7.71. The average Bonchev–Trinajstić information content (AvgIpc) is 2.89. The molecule has 2 N–H and O–H groups in total. The molecule has 0 radical (unpaired) electrons. The predicted molar refractivity (Wildman–Crippen MR) is 154 cm³/mol. The van der Waals surface area contributed by atoms with E-state index in [9.17, 15) is 12.8 Å². The minimum atomic E-state index is -3.08. The van der Waals surface area contributed by atoms with Crippen molar-refractivity contribution in [2.75, 3.05) is 54.3 Å². The SMILES string of the molecule is CO[C@@H]1CCN(c2nccc(-c3nc(N)cc4c(C(C)C)ccc(N5C[C@H](CS(C)(=O)=O)[C@H]5C)c34)n2)C[C@@H]1F. The Morgan fingerprint density at radius 2 is 1.97 bits per heavy atom. The molecule has 0 amide bonds. The quantitative estimate of drug-likeness (QED) is 0.464. The monoisotopic (exact) mass is 556 g/mol. The van der Waals surface area contributed by atoms with E-state index in [1.807, 2.05) is 11.0 Å². The second kappa shape index (κ2) is 10.5. The Hall–Kier alpha value is -3.05. The van der Waals surface area contributed by atoms with Crippen molar-refractivity contribution >= 4 is 38.1 Å². The zero-order chi connectivity index (χ0) is 28.1. The smallest absolute Gasteiger partial charge is 0.226 e. The molecule has 0 bridgehead atoms. The minimum Gasteiger partial charge on any atom is -0.384 e. The van der Waals surface area contributed by atoms with E-state index >= 15 is 0 Å². The van der Waals surface area contributed by atoms with Crippen LogP contribution in [0.4, 0.5) is 21.8 Å². The highest BCUT2D eigenvalue weighted by molar-refractivity contribution is 7.90. The molecule has 4 heterocycles. The second-order valence-corrected chi connectivity index (χ2v) is 13.3. The Balaban J connectivity index is 1.60. The molecule has 2 aliphatic heterocycles. The average molecular weight is 557 g/mol. The van der Waals surface area contributed by atoms with Crippen LogP contribution in [0, 0.1) is 5.92 Å². The zero-order valence-corrected chi connectivity index (χ0v) is 23.9. The van der Waals surface area contributed by atoms with Crippen LogP contribution in [-0.2, 0) is 14.6 Å². The molecule has 2 aromatic heterocycles. The molecule has 2 saturated heterocycles. The van der Waals surface area contributed by atoms with Gasteiger partial charge in [0, 0.05) is 55.7 Å². The van der Waals surface area contributed by atoms with Crippen LogP contribution in [-0.4, -0.2) is 80.4 Å². The van der Waals surface area contributed by atoms with E-state index in [1.54, 1.807) is 12.3 Å². The van der Waals surface area contributed by atoms with Gasteiger partial charge in [0.05, 0.1) is 24.1 Å². The van der Waals surface area contributed by atoms with Crippen LogP contribution in [0.25, 0.3) is 22.2 Å². The summed E-state index contributed by atoms with van der Waals surface area (Å²) in [6, 6.07) is 7.97. The fourth-order valence-electron chi connectivity index (χ4n) is 5.87. The highest BCUT2D eigenvalue weighted by Gasteiger charge is 2.39. The standard InChI is InChI=1S/C28H37FN6O3S/c1-16(2)19-6-7-23(35-13-18(17(35)3)15-39(5,36)37)26-20(19)12-25(30)33-27(26)22-8-10-31-28(32-22)34-11-9-24(38-4)21(29)14-34/h6-8,10,12,16-18,21,24H,9,11,13-15H2,1-5H3,(H2,30,33)/t17-,18-,21+,24-/m1/s1. The first-order chi connectivity index (χ1) is 18.5. The Morgan fingerprint density at radius 1 is 1.21 bits per heavy atom. The number of hydrogen-bond donors (Lipinski definition) is 1. The van der Waals surface area contributed by atoms with Crippen molar-refractivity contribution in [1.29, 1.82) is 0 Å². The van der Waals surface area contributed by atoms with Gasteiger partial charge in [-0.05, 0) is 48.4 Å². The van der Waals surface area contributed by atoms with Crippen LogP contribution in [0.15, 0.2) is 30.5 Å². The summed E-state index contributed by atoms with van der Waals surface area (Å²) < 4.78 is 43.8. The Labute approximate surface area is 229 Å². The van der Waals surface area contributed by atoms with Gasteiger partial charge in [0.25, 0.3) is 0 Å². The van der Waals surface area contributed by atoms with E-state index in [4.69, 9.17) is 20.4 Å². The van der Waals surface area contributed by atoms with Gasteiger partial charge in [0.1, 0.15) is 27.5 Å². The lowest BCUT2D eigenvalue weighted by Crippen LogP contribution is -2.57. The molecule has 9 nitrogen and oxygen atoms in total. The highest BCUT2D eigenvalue weighted by atomic mass is 32.2.